The highest BCUT2D eigenvalue weighted by molar-refractivity contribution is 5.80. The number of primary amides is 1. The molecule has 0 radical (unpaired) electrons. The average molecular weight is 216 g/mol. The van der Waals surface area contributed by atoms with Gasteiger partial charge in [-0.25, -0.2) is 0 Å². The lowest BCUT2D eigenvalue weighted by atomic mass is 10.0. The topological polar surface area (TPSA) is 92.4 Å². The molecule has 0 aliphatic heterocycles. The first-order valence-electron chi connectivity index (χ1n) is 5.19. The molecule has 0 fully saturated rings. The summed E-state index contributed by atoms with van der Waals surface area (Å²) in [5, 5.41) is 11.4. The molecule has 0 aromatic rings. The lowest BCUT2D eigenvalue weighted by Gasteiger charge is -2.18. The number of carboxylic acid groups (broad SMARTS) is 1. The van der Waals surface area contributed by atoms with Crippen LogP contribution in [0.3, 0.4) is 0 Å². The van der Waals surface area contributed by atoms with Crippen LogP contribution in [0.5, 0.6) is 0 Å². The smallest absolute Gasteiger partial charge is 0.303 e. The molecule has 1 unspecified atom stereocenters. The molecule has 0 heterocycles. The van der Waals surface area contributed by atoms with Crippen molar-refractivity contribution < 1.29 is 14.7 Å². The first kappa shape index (κ1) is 13.9. The third-order valence-corrected chi connectivity index (χ3v) is 2.15. The van der Waals surface area contributed by atoms with Gasteiger partial charge in [-0.3, -0.25) is 9.59 Å². The molecular weight excluding hydrogens is 196 g/mol. The van der Waals surface area contributed by atoms with Gasteiger partial charge in [0.25, 0.3) is 0 Å². The standard InChI is InChI=1S/C10H20N2O3/c1-7(2)9(10(11)15)12-6-4-3-5-8(13)14/h7,9,12H,3-6H2,1-2H3,(H2,11,15)(H,13,14). The zero-order valence-electron chi connectivity index (χ0n) is 9.32. The van der Waals surface area contributed by atoms with Gasteiger partial charge in [0.2, 0.25) is 5.91 Å². The van der Waals surface area contributed by atoms with Crippen LogP contribution in [0.15, 0.2) is 0 Å². The van der Waals surface area contributed by atoms with E-state index in [9.17, 15) is 9.59 Å². The van der Waals surface area contributed by atoms with Gasteiger partial charge in [0.05, 0.1) is 6.04 Å². The lowest BCUT2D eigenvalue weighted by molar-refractivity contribution is -0.137. The lowest BCUT2D eigenvalue weighted by Crippen LogP contribution is -2.45. The Morgan fingerprint density at radius 3 is 2.33 bits per heavy atom. The van der Waals surface area contributed by atoms with Crippen LogP contribution in [0, 0.1) is 5.92 Å². The van der Waals surface area contributed by atoms with Gasteiger partial charge in [-0.2, -0.15) is 0 Å². The fourth-order valence-corrected chi connectivity index (χ4v) is 1.32. The number of nitrogens with two attached hydrogens (primary N) is 1. The molecule has 1 atom stereocenters. The van der Waals surface area contributed by atoms with E-state index >= 15 is 0 Å². The third kappa shape index (κ3) is 6.90. The number of aliphatic carboxylic acids is 1. The largest absolute Gasteiger partial charge is 0.481 e. The molecule has 88 valence electrons. The van der Waals surface area contributed by atoms with E-state index in [1.54, 1.807) is 0 Å². The van der Waals surface area contributed by atoms with Crippen LogP contribution in [-0.2, 0) is 9.59 Å². The molecule has 0 aliphatic rings. The van der Waals surface area contributed by atoms with Crippen molar-refractivity contribution in [2.24, 2.45) is 11.7 Å². The normalized spacial score (nSPS) is 12.7. The van der Waals surface area contributed by atoms with E-state index in [2.05, 4.69) is 5.32 Å². The number of amides is 1. The van der Waals surface area contributed by atoms with Crippen molar-refractivity contribution in [1.82, 2.24) is 5.32 Å². The van der Waals surface area contributed by atoms with Gasteiger partial charge in [0, 0.05) is 6.42 Å². The van der Waals surface area contributed by atoms with Gasteiger partial charge in [-0.05, 0) is 25.3 Å². The first-order chi connectivity index (χ1) is 6.95. The Morgan fingerprint density at radius 1 is 1.33 bits per heavy atom. The van der Waals surface area contributed by atoms with E-state index in [-0.39, 0.29) is 24.3 Å². The Balaban J connectivity index is 3.63. The number of rotatable bonds is 8. The number of nitrogens with one attached hydrogen (secondary N) is 1. The number of hydrogen-bond acceptors (Lipinski definition) is 3. The number of unbranched alkanes of at least 4 members (excludes halogenated alkanes) is 1. The summed E-state index contributed by atoms with van der Waals surface area (Å²) in [6.45, 7) is 4.46. The number of hydrogen-bond donors (Lipinski definition) is 3. The van der Waals surface area contributed by atoms with Gasteiger partial charge in [-0.15, -0.1) is 0 Å². The van der Waals surface area contributed by atoms with Crippen LogP contribution >= 0.6 is 0 Å². The highest BCUT2D eigenvalue weighted by atomic mass is 16.4. The van der Waals surface area contributed by atoms with Crippen molar-refractivity contribution in [1.29, 1.82) is 0 Å². The van der Waals surface area contributed by atoms with E-state index < -0.39 is 5.97 Å². The predicted octanol–water partition coefficient (Wildman–Crippen LogP) is 0.341. The Bertz CT molecular complexity index is 217. The molecule has 0 spiro atoms. The second-order valence-corrected chi connectivity index (χ2v) is 3.93. The van der Waals surface area contributed by atoms with E-state index in [0.717, 1.165) is 6.42 Å². The number of carbonyl (C=O) groups excluding carboxylic acids is 1. The predicted molar refractivity (Wildman–Crippen MR) is 57.3 cm³/mol. The van der Waals surface area contributed by atoms with Crippen molar-refractivity contribution in [2.45, 2.75) is 39.2 Å². The molecule has 5 nitrogen and oxygen atoms in total. The van der Waals surface area contributed by atoms with Gasteiger partial charge in [0.15, 0.2) is 0 Å². The van der Waals surface area contributed by atoms with Gasteiger partial charge in [0.1, 0.15) is 0 Å². The van der Waals surface area contributed by atoms with Crippen molar-refractivity contribution >= 4 is 11.9 Å². The van der Waals surface area contributed by atoms with E-state index in [1.807, 2.05) is 13.8 Å². The minimum atomic E-state index is -0.787. The molecule has 4 N–H and O–H groups in total. The summed E-state index contributed by atoms with van der Waals surface area (Å²) < 4.78 is 0. The van der Waals surface area contributed by atoms with E-state index in [0.29, 0.717) is 13.0 Å². The summed E-state index contributed by atoms with van der Waals surface area (Å²) in [6.07, 6.45) is 1.53. The van der Waals surface area contributed by atoms with E-state index in [1.165, 1.54) is 0 Å². The van der Waals surface area contributed by atoms with Crippen LogP contribution in [0.4, 0.5) is 0 Å². The summed E-state index contributed by atoms with van der Waals surface area (Å²) in [7, 11) is 0. The summed E-state index contributed by atoms with van der Waals surface area (Å²) >= 11 is 0. The first-order valence-corrected chi connectivity index (χ1v) is 5.19. The maximum atomic E-state index is 11.0. The fourth-order valence-electron chi connectivity index (χ4n) is 1.32. The molecule has 0 saturated heterocycles. The summed E-state index contributed by atoms with van der Waals surface area (Å²) in [5.41, 5.74) is 5.21. The Morgan fingerprint density at radius 2 is 1.93 bits per heavy atom. The molecule has 0 aromatic carbocycles. The van der Waals surface area contributed by atoms with Crippen molar-refractivity contribution in [3.05, 3.63) is 0 Å². The zero-order chi connectivity index (χ0) is 11.8. The summed E-state index contributed by atoms with van der Waals surface area (Å²) in [6, 6.07) is -0.324. The van der Waals surface area contributed by atoms with Crippen LogP contribution in [-0.4, -0.2) is 29.6 Å². The minimum Gasteiger partial charge on any atom is -0.481 e. The third-order valence-electron chi connectivity index (χ3n) is 2.15. The van der Waals surface area contributed by atoms with Crippen LogP contribution < -0.4 is 11.1 Å². The average Bonchev–Trinajstić information content (AvgIpc) is 2.08. The number of carbonyl (C=O) groups is 2. The molecule has 15 heavy (non-hydrogen) atoms. The second kappa shape index (κ2) is 7.23. The maximum absolute atomic E-state index is 11.0. The monoisotopic (exact) mass is 216 g/mol. The molecule has 0 rings (SSSR count). The van der Waals surface area contributed by atoms with Crippen molar-refractivity contribution in [3.8, 4) is 0 Å². The van der Waals surface area contributed by atoms with Crippen LogP contribution in [0.25, 0.3) is 0 Å². The summed E-state index contributed by atoms with van der Waals surface area (Å²) in [4.78, 5) is 21.2. The fraction of sp³-hybridized carbons (Fsp3) is 0.800. The van der Waals surface area contributed by atoms with Crippen molar-refractivity contribution in [3.63, 3.8) is 0 Å². The highest BCUT2D eigenvalue weighted by Gasteiger charge is 2.17. The quantitative estimate of drug-likeness (QED) is 0.510. The van der Waals surface area contributed by atoms with Crippen molar-refractivity contribution in [2.75, 3.05) is 6.54 Å². The molecular formula is C10H20N2O3. The molecule has 0 saturated carbocycles. The minimum absolute atomic E-state index is 0.155. The molecule has 5 heteroatoms. The Hall–Kier alpha value is -1.10. The molecule has 0 bridgehead atoms. The molecule has 1 amide bonds. The SMILES string of the molecule is CC(C)C(NCCCCC(=O)O)C(N)=O. The van der Waals surface area contributed by atoms with E-state index in [4.69, 9.17) is 10.8 Å². The van der Waals surface area contributed by atoms with Crippen LogP contribution in [0.1, 0.15) is 33.1 Å². The zero-order valence-corrected chi connectivity index (χ0v) is 9.32. The summed E-state index contributed by atoms with van der Waals surface area (Å²) in [5.74, 6) is -0.990. The Kier molecular flexibility index (Phi) is 6.70. The maximum Gasteiger partial charge on any atom is 0.303 e. The van der Waals surface area contributed by atoms with Gasteiger partial charge in [-0.1, -0.05) is 13.8 Å². The van der Waals surface area contributed by atoms with Gasteiger partial charge < -0.3 is 16.2 Å². The second-order valence-electron chi connectivity index (χ2n) is 3.93. The van der Waals surface area contributed by atoms with Crippen LogP contribution in [0.2, 0.25) is 0 Å². The Labute approximate surface area is 90.0 Å². The highest BCUT2D eigenvalue weighted by Crippen LogP contribution is 2.01. The molecule has 0 aliphatic carbocycles. The van der Waals surface area contributed by atoms with Gasteiger partial charge >= 0.3 is 5.97 Å². The molecule has 0 aromatic heterocycles. The number of carboxylic acids is 1.